The first-order chi connectivity index (χ1) is 14.5. The highest BCUT2D eigenvalue weighted by Crippen LogP contribution is 2.31. The summed E-state index contributed by atoms with van der Waals surface area (Å²) in [7, 11) is 0. The van der Waals surface area contributed by atoms with Gasteiger partial charge in [-0.1, -0.05) is 60.1 Å². The van der Waals surface area contributed by atoms with Crippen LogP contribution in [0.5, 0.6) is 0 Å². The van der Waals surface area contributed by atoms with Crippen molar-refractivity contribution in [1.82, 2.24) is 14.7 Å². The maximum atomic E-state index is 12.5. The zero-order chi connectivity index (χ0) is 21.3. The van der Waals surface area contributed by atoms with Crippen LogP contribution >= 0.6 is 23.2 Å². The van der Waals surface area contributed by atoms with Crippen molar-refractivity contribution in [1.29, 1.82) is 0 Å². The molecule has 1 aliphatic heterocycles. The van der Waals surface area contributed by atoms with E-state index in [1.165, 1.54) is 4.90 Å². The molecule has 3 aromatic rings. The summed E-state index contributed by atoms with van der Waals surface area (Å²) in [6, 6.07) is 14.4. The Hall–Kier alpha value is -3.09. The number of fused-ring (bicyclic) bond motifs is 1. The Morgan fingerprint density at radius 2 is 1.83 bits per heavy atom. The fourth-order valence-corrected chi connectivity index (χ4v) is 3.77. The lowest BCUT2D eigenvalue weighted by atomic mass is 10.1. The first-order valence-corrected chi connectivity index (χ1v) is 10.1. The molecular weight excluding hydrogens is 423 g/mol. The van der Waals surface area contributed by atoms with E-state index in [0.717, 1.165) is 11.1 Å². The Bertz CT molecular complexity index is 1120. The van der Waals surface area contributed by atoms with Gasteiger partial charge in [-0.05, 0) is 17.7 Å². The number of anilines is 1. The number of halogens is 2. The maximum absolute atomic E-state index is 12.5. The van der Waals surface area contributed by atoms with Gasteiger partial charge >= 0.3 is 0 Å². The van der Waals surface area contributed by atoms with Gasteiger partial charge in [0.2, 0.25) is 5.91 Å². The highest BCUT2D eigenvalue weighted by atomic mass is 35.5. The first-order valence-electron chi connectivity index (χ1n) is 9.30. The number of carbonyl (C=O) groups excluding carboxylic acids is 2. The summed E-state index contributed by atoms with van der Waals surface area (Å²) in [5.41, 5.74) is 2.82. The molecule has 0 saturated heterocycles. The highest BCUT2D eigenvalue weighted by molar-refractivity contribution is 6.42. The predicted molar refractivity (Wildman–Crippen MR) is 118 cm³/mol. The van der Waals surface area contributed by atoms with Crippen molar-refractivity contribution in [2.45, 2.75) is 13.0 Å². The van der Waals surface area contributed by atoms with Crippen LogP contribution in [0.15, 0.2) is 61.3 Å². The second-order valence-electron chi connectivity index (χ2n) is 6.83. The Morgan fingerprint density at radius 1 is 1.07 bits per heavy atom. The van der Waals surface area contributed by atoms with E-state index in [1.54, 1.807) is 29.1 Å². The highest BCUT2D eigenvalue weighted by Gasteiger charge is 2.30. The van der Waals surface area contributed by atoms with Crippen molar-refractivity contribution in [2.75, 3.05) is 11.9 Å². The molecule has 0 aliphatic carbocycles. The van der Waals surface area contributed by atoms with Crippen molar-refractivity contribution in [3.8, 4) is 0 Å². The molecule has 1 N–H and O–H groups in total. The van der Waals surface area contributed by atoms with Crippen molar-refractivity contribution in [3.05, 3.63) is 88.0 Å². The van der Waals surface area contributed by atoms with E-state index in [2.05, 4.69) is 17.0 Å². The van der Waals surface area contributed by atoms with Gasteiger partial charge in [0.25, 0.3) is 5.91 Å². The topological polar surface area (TPSA) is 67.2 Å². The molecule has 1 aliphatic rings. The van der Waals surface area contributed by atoms with Gasteiger partial charge in [-0.25, -0.2) is 4.68 Å². The summed E-state index contributed by atoms with van der Waals surface area (Å²) in [6.07, 6.45) is 1.72. The van der Waals surface area contributed by atoms with Crippen molar-refractivity contribution < 1.29 is 9.59 Å². The maximum Gasteiger partial charge on any atom is 0.258 e. The van der Waals surface area contributed by atoms with Gasteiger partial charge in [-0.3, -0.25) is 9.59 Å². The fraction of sp³-hybridized carbons (Fsp3) is 0.136. The van der Waals surface area contributed by atoms with Crippen molar-refractivity contribution >= 4 is 46.5 Å². The van der Waals surface area contributed by atoms with Gasteiger partial charge in [-0.2, -0.15) is 5.10 Å². The average molecular weight is 441 g/mol. The molecule has 2 heterocycles. The minimum atomic E-state index is -0.231. The third-order valence-corrected chi connectivity index (χ3v) is 5.80. The Morgan fingerprint density at radius 3 is 2.60 bits per heavy atom. The summed E-state index contributed by atoms with van der Waals surface area (Å²) in [4.78, 5) is 26.6. The van der Waals surface area contributed by atoms with Crippen LogP contribution < -0.4 is 5.32 Å². The number of rotatable bonds is 6. The van der Waals surface area contributed by atoms with Gasteiger partial charge < -0.3 is 10.2 Å². The SMILES string of the molecule is C=C1c2ccccc2C(=O)N1CCC(=O)Nc1ccnn1Cc1cccc(Cl)c1Cl. The van der Waals surface area contributed by atoms with E-state index < -0.39 is 0 Å². The number of carbonyl (C=O) groups is 2. The number of hydrogen-bond acceptors (Lipinski definition) is 3. The molecule has 2 amide bonds. The van der Waals surface area contributed by atoms with Crippen LogP contribution in [0.1, 0.15) is 27.9 Å². The number of nitrogens with one attached hydrogen (secondary N) is 1. The molecule has 30 heavy (non-hydrogen) atoms. The zero-order valence-electron chi connectivity index (χ0n) is 15.9. The lowest BCUT2D eigenvalue weighted by Crippen LogP contribution is -2.27. The number of amides is 2. The van der Waals surface area contributed by atoms with Crippen molar-refractivity contribution in [2.24, 2.45) is 0 Å². The van der Waals surface area contributed by atoms with Gasteiger partial charge in [0, 0.05) is 35.9 Å². The summed E-state index contributed by atoms with van der Waals surface area (Å²) in [5.74, 6) is 0.167. The normalized spacial score (nSPS) is 12.9. The molecule has 2 aromatic carbocycles. The second kappa shape index (κ2) is 8.34. The van der Waals surface area contributed by atoms with Crippen molar-refractivity contribution in [3.63, 3.8) is 0 Å². The van der Waals surface area contributed by atoms with Crippen LogP contribution in [0.3, 0.4) is 0 Å². The molecule has 0 unspecified atom stereocenters. The van der Waals surface area contributed by atoms with Crippen LogP contribution in [-0.2, 0) is 11.3 Å². The molecule has 8 heteroatoms. The summed E-state index contributed by atoms with van der Waals surface area (Å²) in [6.45, 7) is 4.60. The first kappa shape index (κ1) is 20.2. The van der Waals surface area contributed by atoms with Crippen LogP contribution in [-0.4, -0.2) is 33.0 Å². The van der Waals surface area contributed by atoms with Crippen LogP contribution in [0.2, 0.25) is 10.0 Å². The summed E-state index contributed by atoms with van der Waals surface area (Å²) < 4.78 is 1.63. The van der Waals surface area contributed by atoms with E-state index in [0.29, 0.717) is 33.7 Å². The minimum Gasteiger partial charge on any atom is -0.311 e. The van der Waals surface area contributed by atoms with Crippen LogP contribution in [0, 0.1) is 0 Å². The zero-order valence-corrected chi connectivity index (χ0v) is 17.5. The quantitative estimate of drug-likeness (QED) is 0.604. The van der Waals surface area contributed by atoms with Crippen LogP contribution in [0.25, 0.3) is 5.70 Å². The van der Waals surface area contributed by atoms with E-state index in [9.17, 15) is 9.59 Å². The smallest absolute Gasteiger partial charge is 0.258 e. The molecule has 152 valence electrons. The number of benzene rings is 2. The number of nitrogens with zero attached hydrogens (tertiary/aromatic N) is 3. The Balaban J connectivity index is 1.39. The molecule has 1 aromatic heterocycles. The monoisotopic (exact) mass is 440 g/mol. The van der Waals surface area contributed by atoms with Gasteiger partial charge in [0.15, 0.2) is 0 Å². The van der Waals surface area contributed by atoms with E-state index in [-0.39, 0.29) is 24.8 Å². The lowest BCUT2D eigenvalue weighted by Gasteiger charge is -2.17. The van der Waals surface area contributed by atoms with Crippen LogP contribution in [0.4, 0.5) is 5.82 Å². The molecule has 0 radical (unpaired) electrons. The molecule has 0 saturated carbocycles. The number of aromatic nitrogens is 2. The van der Waals surface area contributed by atoms with E-state index in [4.69, 9.17) is 23.2 Å². The van der Waals surface area contributed by atoms with Gasteiger partial charge in [0.1, 0.15) is 5.82 Å². The fourth-order valence-electron chi connectivity index (χ4n) is 3.39. The molecule has 4 rings (SSSR count). The summed E-state index contributed by atoms with van der Waals surface area (Å²) >= 11 is 12.3. The lowest BCUT2D eigenvalue weighted by molar-refractivity contribution is -0.116. The predicted octanol–water partition coefficient (Wildman–Crippen LogP) is 4.69. The molecule has 0 spiro atoms. The standard InChI is InChI=1S/C22H18Cl2N4O2/c1-14-16-6-2-3-7-17(16)22(30)27(14)12-10-20(29)26-19-9-11-25-28(19)13-15-5-4-8-18(23)21(15)24/h2-9,11H,1,10,12-13H2,(H,26,29). The minimum absolute atomic E-state index is 0.127. The Labute approximate surface area is 183 Å². The second-order valence-corrected chi connectivity index (χ2v) is 7.62. The number of hydrogen-bond donors (Lipinski definition) is 1. The molecule has 0 atom stereocenters. The third-order valence-electron chi connectivity index (χ3n) is 4.94. The molecular formula is C22H18Cl2N4O2. The largest absolute Gasteiger partial charge is 0.311 e. The molecule has 0 fully saturated rings. The van der Waals surface area contributed by atoms with E-state index in [1.807, 2.05) is 30.3 Å². The average Bonchev–Trinajstić information content (AvgIpc) is 3.27. The Kier molecular flexibility index (Phi) is 5.61. The summed E-state index contributed by atoms with van der Waals surface area (Å²) in [5, 5.41) is 8.00. The molecule has 0 bridgehead atoms. The van der Waals surface area contributed by atoms with Gasteiger partial charge in [0.05, 0.1) is 22.8 Å². The molecule has 6 nitrogen and oxygen atoms in total. The third kappa shape index (κ3) is 3.84. The van der Waals surface area contributed by atoms with E-state index >= 15 is 0 Å². The van der Waals surface area contributed by atoms with Gasteiger partial charge in [-0.15, -0.1) is 0 Å².